The first-order chi connectivity index (χ1) is 15.1. The van der Waals surface area contributed by atoms with Crippen LogP contribution in [0.5, 0.6) is 0 Å². The van der Waals surface area contributed by atoms with Crippen LogP contribution in [0, 0.1) is 0 Å². The van der Waals surface area contributed by atoms with Gasteiger partial charge in [0.1, 0.15) is 0 Å². The van der Waals surface area contributed by atoms with Gasteiger partial charge in [-0.1, -0.05) is 43.5 Å². The third-order valence-corrected chi connectivity index (χ3v) is 6.68. The van der Waals surface area contributed by atoms with Crippen molar-refractivity contribution < 1.29 is 44.3 Å². The first-order valence-electron chi connectivity index (χ1n) is 11.0. The van der Waals surface area contributed by atoms with Gasteiger partial charge in [-0.3, -0.25) is 4.79 Å². The molecule has 0 atom stereocenters. The summed E-state index contributed by atoms with van der Waals surface area (Å²) in [5, 5.41) is 11.5. The number of fused-ring (bicyclic) bond motifs is 2. The van der Waals surface area contributed by atoms with E-state index in [9.17, 15) is 14.7 Å². The molecule has 0 unspecified atom stereocenters. The van der Waals surface area contributed by atoms with E-state index in [1.165, 1.54) is 37.7 Å². The smallest absolute Gasteiger partial charge is 0.545 e. The third-order valence-electron chi connectivity index (χ3n) is 6.68. The fourth-order valence-electron chi connectivity index (χ4n) is 4.92. The third kappa shape index (κ3) is 4.42. The van der Waals surface area contributed by atoms with Gasteiger partial charge in [-0.25, -0.2) is 0 Å². The summed E-state index contributed by atoms with van der Waals surface area (Å²) in [7, 11) is 0. The molecule has 1 aliphatic heterocycles. The van der Waals surface area contributed by atoms with Crippen molar-refractivity contribution in [1.82, 2.24) is 4.57 Å². The van der Waals surface area contributed by atoms with Crippen molar-refractivity contribution in [2.75, 3.05) is 4.90 Å². The monoisotopic (exact) mass is 436 g/mol. The van der Waals surface area contributed by atoms with Crippen LogP contribution >= 0.6 is 0 Å². The van der Waals surface area contributed by atoms with E-state index >= 15 is 0 Å². The Bertz CT molecular complexity index is 1130. The van der Waals surface area contributed by atoms with Gasteiger partial charge in [-0.05, 0) is 65.8 Å². The van der Waals surface area contributed by atoms with Crippen LogP contribution in [0.15, 0.2) is 60.8 Å². The number of anilines is 1. The van der Waals surface area contributed by atoms with Gasteiger partial charge < -0.3 is 19.4 Å². The van der Waals surface area contributed by atoms with Gasteiger partial charge in [0.25, 0.3) is 5.91 Å². The maximum atomic E-state index is 13.6. The average Bonchev–Trinajstić information content (AvgIpc) is 3.18. The molecular formula is C26H25N2NaO3. The van der Waals surface area contributed by atoms with Gasteiger partial charge in [0, 0.05) is 24.0 Å². The van der Waals surface area contributed by atoms with E-state index in [-0.39, 0.29) is 41.0 Å². The average molecular weight is 436 g/mol. The summed E-state index contributed by atoms with van der Waals surface area (Å²) in [6, 6.07) is 16.9. The van der Waals surface area contributed by atoms with E-state index in [0.717, 1.165) is 11.3 Å². The molecule has 1 saturated carbocycles. The second kappa shape index (κ2) is 9.65. The molecule has 32 heavy (non-hydrogen) atoms. The van der Waals surface area contributed by atoms with Crippen molar-refractivity contribution >= 4 is 17.6 Å². The molecular weight excluding hydrogens is 411 g/mol. The van der Waals surface area contributed by atoms with Gasteiger partial charge >= 0.3 is 29.6 Å². The van der Waals surface area contributed by atoms with Gasteiger partial charge in [-0.2, -0.15) is 0 Å². The summed E-state index contributed by atoms with van der Waals surface area (Å²) in [6.45, 7) is 0.981. The molecule has 0 saturated heterocycles. The van der Waals surface area contributed by atoms with Crippen LogP contribution < -0.4 is 39.6 Å². The van der Waals surface area contributed by atoms with Crippen LogP contribution in [0.25, 0.3) is 0 Å². The van der Waals surface area contributed by atoms with Crippen LogP contribution in [0.1, 0.15) is 75.6 Å². The van der Waals surface area contributed by atoms with Crippen molar-refractivity contribution in [2.24, 2.45) is 0 Å². The molecule has 158 valence electrons. The number of hydrogen-bond acceptors (Lipinski definition) is 3. The van der Waals surface area contributed by atoms with E-state index in [0.29, 0.717) is 30.3 Å². The van der Waals surface area contributed by atoms with Gasteiger partial charge in [-0.15, -0.1) is 0 Å². The topological polar surface area (TPSA) is 65.4 Å². The quantitative estimate of drug-likeness (QED) is 0.578. The number of carbonyl (C=O) groups excluding carboxylic acids is 2. The first kappa shape index (κ1) is 22.8. The number of carboxylic acid groups (broad SMARTS) is 1. The predicted octanol–water partition coefficient (Wildman–Crippen LogP) is 1.11. The largest absolute Gasteiger partial charge is 1.00 e. The fourth-order valence-corrected chi connectivity index (χ4v) is 4.92. The molecule has 6 heteroatoms. The summed E-state index contributed by atoms with van der Waals surface area (Å²) in [4.78, 5) is 26.7. The minimum absolute atomic E-state index is 0. The Morgan fingerprint density at radius 3 is 2.31 bits per heavy atom. The molecule has 2 heterocycles. The van der Waals surface area contributed by atoms with Crippen LogP contribution in [0.2, 0.25) is 0 Å². The van der Waals surface area contributed by atoms with Crippen molar-refractivity contribution in [3.05, 3.63) is 88.7 Å². The van der Waals surface area contributed by atoms with Crippen LogP contribution in [0.4, 0.5) is 5.69 Å². The Morgan fingerprint density at radius 2 is 1.59 bits per heavy atom. The molecule has 3 aromatic rings. The molecule has 1 aliphatic carbocycles. The maximum absolute atomic E-state index is 13.6. The van der Waals surface area contributed by atoms with Crippen LogP contribution in [-0.2, 0) is 13.1 Å². The van der Waals surface area contributed by atoms with Gasteiger partial charge in [0.05, 0.1) is 18.2 Å². The standard InChI is InChI=1S/C26H26N2O3.Na/c29-25(20-10-8-19(9-11-20)18-5-2-1-3-6-18)28-17-23-7-4-14-27(23)16-22-13-12-21(26(30)31)15-24(22)28;/h4,7-15,18H,1-3,5-6,16-17H2,(H,30,31);/q;+1/p-1. The Balaban J connectivity index is 0.00000245. The van der Waals surface area contributed by atoms with Crippen molar-refractivity contribution in [3.63, 3.8) is 0 Å². The Kier molecular flexibility index (Phi) is 6.89. The Labute approximate surface area is 210 Å². The van der Waals surface area contributed by atoms with Crippen LogP contribution in [0.3, 0.4) is 0 Å². The van der Waals surface area contributed by atoms with Crippen molar-refractivity contribution in [2.45, 2.75) is 51.1 Å². The molecule has 2 aliphatic rings. The SMILES string of the molecule is O=C([O-])c1ccc2c(c1)N(C(=O)c1ccc(C3CCCCC3)cc1)Cc1cccn1C2.[Na+]. The molecule has 0 radical (unpaired) electrons. The summed E-state index contributed by atoms with van der Waals surface area (Å²) in [6.07, 6.45) is 8.29. The zero-order chi connectivity index (χ0) is 21.4. The number of aromatic carboxylic acids is 1. The molecule has 1 amide bonds. The Hall–Kier alpha value is -2.34. The van der Waals surface area contributed by atoms with Crippen molar-refractivity contribution in [1.29, 1.82) is 0 Å². The first-order valence-corrected chi connectivity index (χ1v) is 11.0. The van der Waals surface area contributed by atoms with Gasteiger partial charge in [0.15, 0.2) is 0 Å². The fraction of sp³-hybridized carbons (Fsp3) is 0.308. The predicted molar refractivity (Wildman–Crippen MR) is 117 cm³/mol. The summed E-state index contributed by atoms with van der Waals surface area (Å²) < 4.78 is 2.09. The van der Waals surface area contributed by atoms with E-state index in [4.69, 9.17) is 0 Å². The molecule has 0 spiro atoms. The zero-order valence-corrected chi connectivity index (χ0v) is 20.4. The number of amides is 1. The molecule has 2 aromatic carbocycles. The maximum Gasteiger partial charge on any atom is 1.00 e. The summed E-state index contributed by atoms with van der Waals surface area (Å²) in [5.74, 6) is -0.775. The van der Waals surface area contributed by atoms with Crippen molar-refractivity contribution in [3.8, 4) is 0 Å². The summed E-state index contributed by atoms with van der Waals surface area (Å²) in [5.41, 5.74) is 4.55. The number of aromatic nitrogens is 1. The van der Waals surface area contributed by atoms with E-state index in [2.05, 4.69) is 16.7 Å². The normalized spacial score (nSPS) is 15.8. The zero-order valence-electron chi connectivity index (χ0n) is 18.4. The number of benzene rings is 2. The number of carboxylic acids is 1. The molecule has 1 aromatic heterocycles. The molecule has 0 N–H and O–H groups in total. The number of hydrogen-bond donors (Lipinski definition) is 0. The molecule has 1 fully saturated rings. The van der Waals surface area contributed by atoms with E-state index in [1.807, 2.05) is 30.5 Å². The molecule has 5 nitrogen and oxygen atoms in total. The molecule has 0 bridgehead atoms. The number of rotatable bonds is 3. The number of nitrogens with zero attached hydrogens (tertiary/aromatic N) is 2. The Morgan fingerprint density at radius 1 is 0.875 bits per heavy atom. The molecule has 5 rings (SSSR count). The second-order valence-corrected chi connectivity index (χ2v) is 8.61. The minimum Gasteiger partial charge on any atom is -0.545 e. The van der Waals surface area contributed by atoms with E-state index < -0.39 is 5.97 Å². The minimum atomic E-state index is -1.24. The number of carbonyl (C=O) groups is 2. The van der Waals surface area contributed by atoms with E-state index in [1.54, 1.807) is 23.1 Å². The van der Waals surface area contributed by atoms with Gasteiger partial charge in [0.2, 0.25) is 0 Å². The second-order valence-electron chi connectivity index (χ2n) is 8.61. The van der Waals surface area contributed by atoms with Crippen LogP contribution in [-0.4, -0.2) is 16.4 Å². The summed E-state index contributed by atoms with van der Waals surface area (Å²) >= 11 is 0.